The third-order valence-corrected chi connectivity index (χ3v) is 5.66. The molecule has 5 nitrogen and oxygen atoms in total. The number of pyridine rings is 1. The zero-order chi connectivity index (χ0) is 18.5. The molecular formula is C22H28N2O3. The minimum absolute atomic E-state index is 0.372. The molecule has 27 heavy (non-hydrogen) atoms. The zero-order valence-corrected chi connectivity index (χ0v) is 15.9. The molecule has 3 heterocycles. The average Bonchev–Trinajstić information content (AvgIpc) is 3.27. The molecule has 2 saturated heterocycles. The maximum Gasteiger partial charge on any atom is 0.119 e. The minimum atomic E-state index is 0.372. The van der Waals surface area contributed by atoms with Crippen molar-refractivity contribution in [1.82, 2.24) is 9.88 Å². The predicted octanol–water partition coefficient (Wildman–Crippen LogP) is 3.14. The molecule has 1 aromatic carbocycles. The Bertz CT molecular complexity index is 725. The fourth-order valence-electron chi connectivity index (χ4n) is 4.23. The molecule has 0 N–H and O–H groups in total. The summed E-state index contributed by atoms with van der Waals surface area (Å²) in [6.07, 6.45) is 3.24. The van der Waals surface area contributed by atoms with Crippen LogP contribution in [0.1, 0.15) is 17.7 Å². The summed E-state index contributed by atoms with van der Waals surface area (Å²) in [7, 11) is 1.72. The van der Waals surface area contributed by atoms with Gasteiger partial charge in [-0.1, -0.05) is 18.2 Å². The number of rotatable bonds is 8. The highest BCUT2D eigenvalue weighted by molar-refractivity contribution is 5.28. The van der Waals surface area contributed by atoms with Crippen LogP contribution in [0.4, 0.5) is 0 Å². The molecule has 2 aliphatic heterocycles. The van der Waals surface area contributed by atoms with E-state index in [2.05, 4.69) is 28.1 Å². The largest absolute Gasteiger partial charge is 0.497 e. The third-order valence-electron chi connectivity index (χ3n) is 5.66. The quantitative estimate of drug-likeness (QED) is 0.670. The van der Waals surface area contributed by atoms with E-state index in [-0.39, 0.29) is 0 Å². The van der Waals surface area contributed by atoms with E-state index in [1.165, 1.54) is 5.56 Å². The van der Waals surface area contributed by atoms with Crippen molar-refractivity contribution in [3.63, 3.8) is 0 Å². The van der Waals surface area contributed by atoms with Crippen molar-refractivity contribution >= 4 is 0 Å². The van der Waals surface area contributed by atoms with Crippen molar-refractivity contribution in [1.29, 1.82) is 0 Å². The van der Waals surface area contributed by atoms with Gasteiger partial charge in [0.2, 0.25) is 0 Å². The summed E-state index contributed by atoms with van der Waals surface area (Å²) in [5.41, 5.74) is 2.29. The number of likely N-dealkylation sites (tertiary alicyclic amines) is 1. The van der Waals surface area contributed by atoms with Crippen LogP contribution in [0.25, 0.3) is 0 Å². The van der Waals surface area contributed by atoms with Crippen molar-refractivity contribution in [2.75, 3.05) is 33.4 Å². The van der Waals surface area contributed by atoms with Crippen LogP contribution in [0.15, 0.2) is 48.7 Å². The number of benzene rings is 1. The topological polar surface area (TPSA) is 43.8 Å². The molecule has 5 heteroatoms. The lowest BCUT2D eigenvalue weighted by molar-refractivity contribution is 0.0811. The Balaban J connectivity index is 1.23. The van der Waals surface area contributed by atoms with E-state index < -0.39 is 0 Å². The first-order valence-corrected chi connectivity index (χ1v) is 9.76. The lowest BCUT2D eigenvalue weighted by atomic mass is 9.91. The van der Waals surface area contributed by atoms with Crippen molar-refractivity contribution in [2.45, 2.75) is 25.7 Å². The molecule has 0 saturated carbocycles. The number of aromatic nitrogens is 1. The molecule has 2 aliphatic rings. The highest BCUT2D eigenvalue weighted by atomic mass is 16.5. The monoisotopic (exact) mass is 368 g/mol. The molecule has 0 amide bonds. The second kappa shape index (κ2) is 8.83. The zero-order valence-electron chi connectivity index (χ0n) is 15.9. The summed E-state index contributed by atoms with van der Waals surface area (Å²) >= 11 is 0. The first-order chi connectivity index (χ1) is 13.3. The molecule has 0 spiro atoms. The van der Waals surface area contributed by atoms with Gasteiger partial charge < -0.3 is 14.2 Å². The number of nitrogens with zero attached hydrogens (tertiary/aromatic N) is 2. The van der Waals surface area contributed by atoms with Gasteiger partial charge >= 0.3 is 0 Å². The molecule has 0 bridgehead atoms. The standard InChI is InChI=1S/C22H28N2O3/c1-25-20-7-4-5-17(11-20)12-24-13-21-18(15-27-22(21)14-24)8-10-26-16-19-6-2-3-9-23-19/h2-7,9,11,18,21-22H,8,10,12-16H2,1H3/t18-,21-,22-/m0/s1. The van der Waals surface area contributed by atoms with Crippen LogP contribution in [-0.2, 0) is 22.6 Å². The molecule has 3 atom stereocenters. The molecular weight excluding hydrogens is 340 g/mol. The molecule has 4 rings (SSSR count). The number of hydrogen-bond acceptors (Lipinski definition) is 5. The van der Waals surface area contributed by atoms with Gasteiger partial charge in [-0.25, -0.2) is 0 Å². The van der Waals surface area contributed by atoms with Crippen LogP contribution in [0.3, 0.4) is 0 Å². The Morgan fingerprint density at radius 2 is 2.15 bits per heavy atom. The van der Waals surface area contributed by atoms with E-state index in [1.807, 2.05) is 30.5 Å². The summed E-state index contributed by atoms with van der Waals surface area (Å²) in [5.74, 6) is 2.13. The van der Waals surface area contributed by atoms with Gasteiger partial charge in [0.1, 0.15) is 5.75 Å². The van der Waals surface area contributed by atoms with Crippen LogP contribution < -0.4 is 4.74 Å². The summed E-state index contributed by atoms with van der Waals surface area (Å²) < 4.78 is 17.3. The van der Waals surface area contributed by atoms with E-state index in [9.17, 15) is 0 Å². The van der Waals surface area contributed by atoms with E-state index >= 15 is 0 Å². The van der Waals surface area contributed by atoms with Gasteiger partial charge in [-0.3, -0.25) is 9.88 Å². The van der Waals surface area contributed by atoms with Gasteiger partial charge in [-0.05, 0) is 42.2 Å². The fourth-order valence-corrected chi connectivity index (χ4v) is 4.23. The van der Waals surface area contributed by atoms with Crippen molar-refractivity contribution in [3.05, 3.63) is 59.9 Å². The first kappa shape index (κ1) is 18.4. The van der Waals surface area contributed by atoms with Crippen molar-refractivity contribution < 1.29 is 14.2 Å². The second-order valence-corrected chi connectivity index (χ2v) is 7.50. The highest BCUT2D eigenvalue weighted by Gasteiger charge is 2.43. The van der Waals surface area contributed by atoms with Crippen LogP contribution in [0.5, 0.6) is 5.75 Å². The summed E-state index contributed by atoms with van der Waals surface area (Å²) in [5, 5.41) is 0. The molecule has 2 aromatic rings. The van der Waals surface area contributed by atoms with Crippen LogP contribution in [0.2, 0.25) is 0 Å². The lowest BCUT2D eigenvalue weighted by Gasteiger charge is -2.20. The number of methoxy groups -OCH3 is 1. The van der Waals surface area contributed by atoms with Gasteiger partial charge in [0.15, 0.2) is 0 Å². The second-order valence-electron chi connectivity index (χ2n) is 7.50. The Morgan fingerprint density at radius 3 is 3.00 bits per heavy atom. The normalized spacial score (nSPS) is 24.9. The molecule has 0 radical (unpaired) electrons. The van der Waals surface area contributed by atoms with Crippen LogP contribution in [0, 0.1) is 11.8 Å². The number of hydrogen-bond donors (Lipinski definition) is 0. The minimum Gasteiger partial charge on any atom is -0.497 e. The van der Waals surface area contributed by atoms with Crippen molar-refractivity contribution in [3.8, 4) is 5.75 Å². The van der Waals surface area contributed by atoms with E-state index in [4.69, 9.17) is 14.2 Å². The Kier molecular flexibility index (Phi) is 6.02. The lowest BCUT2D eigenvalue weighted by Crippen LogP contribution is -2.24. The van der Waals surface area contributed by atoms with E-state index in [0.717, 1.165) is 50.7 Å². The Morgan fingerprint density at radius 1 is 1.19 bits per heavy atom. The third kappa shape index (κ3) is 4.67. The molecule has 0 aliphatic carbocycles. The van der Waals surface area contributed by atoms with Crippen LogP contribution >= 0.6 is 0 Å². The number of fused-ring (bicyclic) bond motifs is 1. The van der Waals surface area contributed by atoms with E-state index in [0.29, 0.717) is 24.5 Å². The molecule has 2 fully saturated rings. The molecule has 144 valence electrons. The van der Waals surface area contributed by atoms with Crippen molar-refractivity contribution in [2.24, 2.45) is 11.8 Å². The summed E-state index contributed by atoms with van der Waals surface area (Å²) in [6.45, 7) is 5.31. The van der Waals surface area contributed by atoms with E-state index in [1.54, 1.807) is 7.11 Å². The smallest absolute Gasteiger partial charge is 0.119 e. The summed E-state index contributed by atoms with van der Waals surface area (Å²) in [4.78, 5) is 6.80. The van der Waals surface area contributed by atoms with Gasteiger partial charge in [-0.15, -0.1) is 0 Å². The predicted molar refractivity (Wildman–Crippen MR) is 104 cm³/mol. The van der Waals surface area contributed by atoms with Gasteiger partial charge in [0.05, 0.1) is 32.1 Å². The highest BCUT2D eigenvalue weighted by Crippen LogP contribution is 2.36. The summed E-state index contributed by atoms with van der Waals surface area (Å²) in [6, 6.07) is 14.3. The maximum absolute atomic E-state index is 6.08. The molecule has 1 aromatic heterocycles. The van der Waals surface area contributed by atoms with Gasteiger partial charge in [0.25, 0.3) is 0 Å². The van der Waals surface area contributed by atoms with Crippen LogP contribution in [-0.4, -0.2) is 49.4 Å². The number of ether oxygens (including phenoxy) is 3. The fraction of sp³-hybridized carbons (Fsp3) is 0.500. The van der Waals surface area contributed by atoms with Gasteiger partial charge in [0, 0.05) is 38.4 Å². The average molecular weight is 368 g/mol. The SMILES string of the molecule is COc1cccc(CN2C[C@H]3[C@@H](CCOCc4ccccn4)CO[C@H]3C2)c1. The first-order valence-electron chi connectivity index (χ1n) is 9.76. The van der Waals surface area contributed by atoms with Gasteiger partial charge in [-0.2, -0.15) is 0 Å². The Labute approximate surface area is 161 Å². The molecule has 0 unspecified atom stereocenters. The Hall–Kier alpha value is -1.95. The maximum atomic E-state index is 6.08.